The molecule has 1 amide bonds. The van der Waals surface area contributed by atoms with Gasteiger partial charge in [0.2, 0.25) is 5.91 Å². The first-order valence-electron chi connectivity index (χ1n) is 8.81. The minimum atomic E-state index is -0.0528. The second-order valence-electron chi connectivity index (χ2n) is 6.92. The van der Waals surface area contributed by atoms with Gasteiger partial charge in [-0.25, -0.2) is 0 Å². The molecule has 1 unspecified atom stereocenters. The van der Waals surface area contributed by atoms with Crippen LogP contribution in [0.5, 0.6) is 0 Å². The van der Waals surface area contributed by atoms with E-state index in [0.717, 1.165) is 27.9 Å². The van der Waals surface area contributed by atoms with Crippen LogP contribution in [0.1, 0.15) is 34.9 Å². The molecule has 0 bridgehead atoms. The molecule has 2 aromatic carbocycles. The molecule has 1 saturated heterocycles. The molecule has 4 rings (SSSR count). The van der Waals surface area contributed by atoms with E-state index in [1.165, 1.54) is 0 Å². The van der Waals surface area contributed by atoms with E-state index in [1.807, 2.05) is 68.1 Å². The van der Waals surface area contributed by atoms with Crippen molar-refractivity contribution in [1.82, 2.24) is 10.1 Å². The van der Waals surface area contributed by atoms with Crippen LogP contribution in [0, 0.1) is 20.8 Å². The molecule has 1 atom stereocenters. The monoisotopic (exact) mass is 347 g/mol. The Morgan fingerprint density at radius 3 is 2.42 bits per heavy atom. The molecule has 0 radical (unpaired) electrons. The third-order valence-electron chi connectivity index (χ3n) is 5.02. The minimum absolute atomic E-state index is 0.0528. The predicted octanol–water partition coefficient (Wildman–Crippen LogP) is 4.18. The number of carbonyl (C=O) groups is 1. The summed E-state index contributed by atoms with van der Waals surface area (Å²) in [6, 6.07) is 14.0. The maximum absolute atomic E-state index is 12.6. The van der Waals surface area contributed by atoms with Crippen LogP contribution in [0.25, 0.3) is 11.5 Å². The average Bonchev–Trinajstić information content (AvgIpc) is 3.23. The molecule has 0 saturated carbocycles. The molecule has 0 N–H and O–H groups in total. The van der Waals surface area contributed by atoms with Gasteiger partial charge in [0.25, 0.3) is 5.89 Å². The zero-order chi connectivity index (χ0) is 18.3. The maximum Gasteiger partial charge on any atom is 0.258 e. The highest BCUT2D eigenvalue weighted by Gasteiger charge is 2.35. The minimum Gasteiger partial charge on any atom is -0.334 e. The van der Waals surface area contributed by atoms with Gasteiger partial charge in [-0.3, -0.25) is 4.79 Å². The van der Waals surface area contributed by atoms with E-state index in [0.29, 0.717) is 24.7 Å². The third-order valence-corrected chi connectivity index (χ3v) is 5.02. The van der Waals surface area contributed by atoms with Crippen molar-refractivity contribution in [3.8, 4) is 11.5 Å². The van der Waals surface area contributed by atoms with E-state index >= 15 is 0 Å². The molecule has 5 nitrogen and oxygen atoms in total. The van der Waals surface area contributed by atoms with Crippen molar-refractivity contribution in [1.29, 1.82) is 0 Å². The smallest absolute Gasteiger partial charge is 0.258 e. The number of para-hydroxylation sites is 1. The number of aromatic nitrogens is 2. The first-order chi connectivity index (χ1) is 12.5. The van der Waals surface area contributed by atoms with Gasteiger partial charge >= 0.3 is 0 Å². The number of hydrogen-bond acceptors (Lipinski definition) is 4. The summed E-state index contributed by atoms with van der Waals surface area (Å²) in [6.45, 7) is 6.67. The van der Waals surface area contributed by atoms with Crippen LogP contribution < -0.4 is 4.90 Å². The lowest BCUT2D eigenvalue weighted by Gasteiger charge is -2.21. The fourth-order valence-corrected chi connectivity index (χ4v) is 3.65. The second-order valence-corrected chi connectivity index (χ2v) is 6.92. The van der Waals surface area contributed by atoms with Crippen molar-refractivity contribution in [3.63, 3.8) is 0 Å². The Kier molecular flexibility index (Phi) is 4.07. The number of rotatable bonds is 3. The Bertz CT molecular complexity index is 957. The molecule has 2 heterocycles. The molecule has 0 spiro atoms. The first-order valence-corrected chi connectivity index (χ1v) is 8.81. The number of benzene rings is 2. The Morgan fingerprint density at radius 2 is 1.69 bits per heavy atom. The number of anilines is 1. The van der Waals surface area contributed by atoms with Crippen LogP contribution in [0.3, 0.4) is 0 Å². The van der Waals surface area contributed by atoms with Crippen LogP contribution in [-0.2, 0) is 4.79 Å². The van der Waals surface area contributed by atoms with Gasteiger partial charge in [-0.1, -0.05) is 41.6 Å². The summed E-state index contributed by atoms with van der Waals surface area (Å²) in [5.41, 5.74) is 5.23. The number of nitrogens with zero attached hydrogens (tertiary/aromatic N) is 3. The van der Waals surface area contributed by atoms with Gasteiger partial charge in [-0.15, -0.1) is 0 Å². The van der Waals surface area contributed by atoms with Crippen LogP contribution >= 0.6 is 0 Å². The molecule has 26 heavy (non-hydrogen) atoms. The second kappa shape index (κ2) is 6.41. The standard InChI is InChI=1S/C21H21N3O2/c1-13-7-4-5-10-17(13)21-22-20(23-26-21)16-11-18(25)24(12-16)19-14(2)8-6-9-15(19)3/h4-10,16H,11-12H2,1-3H3. The Balaban J connectivity index is 1.61. The van der Waals surface area contributed by atoms with Gasteiger partial charge in [0.05, 0.1) is 0 Å². The highest BCUT2D eigenvalue weighted by molar-refractivity contribution is 5.97. The molecule has 1 fully saturated rings. The lowest BCUT2D eigenvalue weighted by molar-refractivity contribution is -0.117. The molecule has 0 aliphatic carbocycles. The zero-order valence-electron chi connectivity index (χ0n) is 15.2. The quantitative estimate of drug-likeness (QED) is 0.713. The highest BCUT2D eigenvalue weighted by Crippen LogP contribution is 2.35. The highest BCUT2D eigenvalue weighted by atomic mass is 16.5. The van der Waals surface area contributed by atoms with E-state index in [2.05, 4.69) is 10.1 Å². The number of carbonyl (C=O) groups excluding carboxylic acids is 1. The van der Waals surface area contributed by atoms with Crippen molar-refractivity contribution in [3.05, 3.63) is 65.0 Å². The van der Waals surface area contributed by atoms with Crippen molar-refractivity contribution in [2.75, 3.05) is 11.4 Å². The van der Waals surface area contributed by atoms with Crippen LogP contribution in [0.4, 0.5) is 5.69 Å². The molecule has 1 aliphatic rings. The Morgan fingerprint density at radius 1 is 1.00 bits per heavy atom. The summed E-state index contributed by atoms with van der Waals surface area (Å²) in [5.74, 6) is 1.17. The summed E-state index contributed by atoms with van der Waals surface area (Å²) in [5, 5.41) is 4.16. The topological polar surface area (TPSA) is 59.2 Å². The molecule has 5 heteroatoms. The maximum atomic E-state index is 12.6. The number of aryl methyl sites for hydroxylation is 3. The summed E-state index contributed by atoms with van der Waals surface area (Å²) in [6.07, 6.45) is 0.403. The van der Waals surface area contributed by atoms with Crippen molar-refractivity contribution < 1.29 is 9.32 Å². The van der Waals surface area contributed by atoms with Crippen molar-refractivity contribution in [2.24, 2.45) is 0 Å². The van der Waals surface area contributed by atoms with Crippen LogP contribution in [0.2, 0.25) is 0 Å². The van der Waals surface area contributed by atoms with Gasteiger partial charge in [0.1, 0.15) is 0 Å². The molecular formula is C21H21N3O2. The molecule has 1 aromatic heterocycles. The van der Waals surface area contributed by atoms with Gasteiger partial charge in [0, 0.05) is 30.1 Å². The van der Waals surface area contributed by atoms with E-state index in [1.54, 1.807) is 0 Å². The van der Waals surface area contributed by atoms with Crippen molar-refractivity contribution >= 4 is 11.6 Å². The largest absolute Gasteiger partial charge is 0.334 e. The molecule has 3 aromatic rings. The summed E-state index contributed by atoms with van der Waals surface area (Å²) < 4.78 is 5.48. The van der Waals surface area contributed by atoms with Gasteiger partial charge in [-0.05, 0) is 43.5 Å². The lowest BCUT2D eigenvalue weighted by atomic mass is 10.1. The molecule has 1 aliphatic heterocycles. The number of amides is 1. The van der Waals surface area contributed by atoms with E-state index < -0.39 is 0 Å². The fourth-order valence-electron chi connectivity index (χ4n) is 3.65. The predicted molar refractivity (Wildman–Crippen MR) is 100 cm³/mol. The van der Waals surface area contributed by atoms with Crippen LogP contribution in [-0.4, -0.2) is 22.6 Å². The van der Waals surface area contributed by atoms with Crippen molar-refractivity contribution in [2.45, 2.75) is 33.1 Å². The van der Waals surface area contributed by atoms with E-state index in [-0.39, 0.29) is 11.8 Å². The van der Waals surface area contributed by atoms with E-state index in [4.69, 9.17) is 4.52 Å². The van der Waals surface area contributed by atoms with Gasteiger partial charge < -0.3 is 9.42 Å². The fraction of sp³-hybridized carbons (Fsp3) is 0.286. The summed E-state index contributed by atoms with van der Waals surface area (Å²) in [4.78, 5) is 19.1. The zero-order valence-corrected chi connectivity index (χ0v) is 15.2. The van der Waals surface area contributed by atoms with Gasteiger partial charge in [-0.2, -0.15) is 4.98 Å². The Hall–Kier alpha value is -2.95. The lowest BCUT2D eigenvalue weighted by Crippen LogP contribution is -2.26. The Labute approximate surface area is 152 Å². The third kappa shape index (κ3) is 2.79. The van der Waals surface area contributed by atoms with E-state index in [9.17, 15) is 4.79 Å². The molecular weight excluding hydrogens is 326 g/mol. The summed E-state index contributed by atoms with van der Waals surface area (Å²) >= 11 is 0. The van der Waals surface area contributed by atoms with Gasteiger partial charge in [0.15, 0.2) is 5.82 Å². The van der Waals surface area contributed by atoms with Crippen LogP contribution in [0.15, 0.2) is 47.0 Å². The first kappa shape index (κ1) is 16.5. The average molecular weight is 347 g/mol. The molecule has 132 valence electrons. The number of hydrogen-bond donors (Lipinski definition) is 0. The summed E-state index contributed by atoms with van der Waals surface area (Å²) in [7, 11) is 0. The normalized spacial score (nSPS) is 17.1. The SMILES string of the molecule is Cc1ccccc1-c1nc(C2CC(=O)N(c3c(C)cccc3C)C2)no1.